The Bertz CT molecular complexity index is 728. The van der Waals surface area contributed by atoms with Crippen molar-refractivity contribution in [2.75, 3.05) is 13.2 Å². The molecule has 2 aromatic rings. The van der Waals surface area contributed by atoms with Crippen LogP contribution in [0.15, 0.2) is 42.5 Å². The van der Waals surface area contributed by atoms with Crippen molar-refractivity contribution < 1.29 is 24.3 Å². The molecule has 0 radical (unpaired) electrons. The van der Waals surface area contributed by atoms with Gasteiger partial charge in [-0.15, -0.1) is 0 Å². The molecular weight excluding hydrogens is 302 g/mol. The number of aryl methyl sites for hydroxylation is 1. The summed E-state index contributed by atoms with van der Waals surface area (Å²) >= 11 is 0. The van der Waals surface area contributed by atoms with E-state index in [1.165, 1.54) is 0 Å². The fourth-order valence-corrected chi connectivity index (χ4v) is 1.93. The highest BCUT2D eigenvalue weighted by molar-refractivity contribution is 5.88. The fraction of sp³-hybridized carbons (Fsp3) is 0.188. The standard InChI is InChI=1S/C16H15NO6/c1-11-3-2-4-13(9-11)22-7-8-23-15-10-12(16(18)19)5-6-14(15)17(20)21/h2-6,9-10H,7-8H2,1H3,(H,18,19). The number of nitro groups is 1. The molecule has 0 saturated carbocycles. The van der Waals surface area contributed by atoms with Crippen LogP contribution in [0.4, 0.5) is 5.69 Å². The largest absolute Gasteiger partial charge is 0.490 e. The maximum absolute atomic E-state index is 10.9. The van der Waals surface area contributed by atoms with Crippen molar-refractivity contribution in [2.24, 2.45) is 0 Å². The van der Waals surface area contributed by atoms with Crippen LogP contribution in [0.1, 0.15) is 15.9 Å². The summed E-state index contributed by atoms with van der Waals surface area (Å²) in [5, 5.41) is 19.9. The van der Waals surface area contributed by atoms with Crippen molar-refractivity contribution in [3.8, 4) is 11.5 Å². The Hall–Kier alpha value is -3.09. The number of carboxylic acid groups (broad SMARTS) is 1. The SMILES string of the molecule is Cc1cccc(OCCOc2cc(C(=O)O)ccc2[N+](=O)[O-])c1. The van der Waals surface area contributed by atoms with E-state index in [1.54, 1.807) is 6.07 Å². The van der Waals surface area contributed by atoms with E-state index in [0.717, 1.165) is 23.8 Å². The number of rotatable bonds is 7. The quantitative estimate of drug-likeness (QED) is 0.478. The molecule has 7 heteroatoms. The molecule has 0 aliphatic rings. The van der Waals surface area contributed by atoms with E-state index in [4.69, 9.17) is 14.6 Å². The molecule has 1 N–H and O–H groups in total. The van der Waals surface area contributed by atoms with Crippen LogP contribution in [0, 0.1) is 17.0 Å². The molecule has 0 unspecified atom stereocenters. The van der Waals surface area contributed by atoms with Crippen molar-refractivity contribution in [1.82, 2.24) is 0 Å². The molecule has 0 spiro atoms. The normalized spacial score (nSPS) is 10.1. The van der Waals surface area contributed by atoms with E-state index in [2.05, 4.69) is 0 Å². The van der Waals surface area contributed by atoms with Crippen LogP contribution < -0.4 is 9.47 Å². The van der Waals surface area contributed by atoms with Crippen LogP contribution in [0.3, 0.4) is 0 Å². The predicted octanol–water partition coefficient (Wildman–Crippen LogP) is 3.06. The number of nitro benzene ring substituents is 1. The molecule has 0 bridgehead atoms. The first-order valence-electron chi connectivity index (χ1n) is 6.81. The number of aromatic carboxylic acids is 1. The van der Waals surface area contributed by atoms with Crippen LogP contribution in [0.25, 0.3) is 0 Å². The zero-order valence-corrected chi connectivity index (χ0v) is 12.4. The summed E-state index contributed by atoms with van der Waals surface area (Å²) in [6.07, 6.45) is 0. The van der Waals surface area contributed by atoms with Gasteiger partial charge in [0.1, 0.15) is 19.0 Å². The van der Waals surface area contributed by atoms with Gasteiger partial charge in [0, 0.05) is 12.1 Å². The van der Waals surface area contributed by atoms with E-state index < -0.39 is 10.9 Å². The summed E-state index contributed by atoms with van der Waals surface area (Å²) in [5.74, 6) is -0.606. The molecule has 2 rings (SSSR count). The molecule has 0 amide bonds. The van der Waals surface area contributed by atoms with Gasteiger partial charge in [-0.3, -0.25) is 10.1 Å². The average molecular weight is 317 g/mol. The monoisotopic (exact) mass is 317 g/mol. The Balaban J connectivity index is 2.00. The van der Waals surface area contributed by atoms with Crippen molar-refractivity contribution in [3.63, 3.8) is 0 Å². The van der Waals surface area contributed by atoms with Crippen molar-refractivity contribution in [3.05, 3.63) is 63.7 Å². The third-order valence-corrected chi connectivity index (χ3v) is 3.00. The molecule has 0 aliphatic heterocycles. The van der Waals surface area contributed by atoms with Crippen molar-refractivity contribution in [1.29, 1.82) is 0 Å². The van der Waals surface area contributed by atoms with Gasteiger partial charge in [0.05, 0.1) is 10.5 Å². The lowest BCUT2D eigenvalue weighted by molar-refractivity contribution is -0.385. The maximum atomic E-state index is 10.9. The van der Waals surface area contributed by atoms with Gasteiger partial charge in [0.15, 0.2) is 5.75 Å². The lowest BCUT2D eigenvalue weighted by atomic mass is 10.2. The van der Waals surface area contributed by atoms with Gasteiger partial charge in [0.2, 0.25) is 0 Å². The molecule has 0 aliphatic carbocycles. The number of hydrogen-bond donors (Lipinski definition) is 1. The van der Waals surface area contributed by atoms with Gasteiger partial charge in [-0.25, -0.2) is 4.79 Å². The molecule has 120 valence electrons. The highest BCUT2D eigenvalue weighted by atomic mass is 16.6. The van der Waals surface area contributed by atoms with Crippen LogP contribution in [-0.4, -0.2) is 29.2 Å². The van der Waals surface area contributed by atoms with E-state index in [-0.39, 0.29) is 30.2 Å². The molecule has 23 heavy (non-hydrogen) atoms. The van der Waals surface area contributed by atoms with Gasteiger partial charge >= 0.3 is 11.7 Å². The number of nitrogens with zero attached hydrogens (tertiary/aromatic N) is 1. The number of carboxylic acids is 1. The first-order chi connectivity index (χ1) is 11.0. The van der Waals surface area contributed by atoms with E-state index in [0.29, 0.717) is 5.75 Å². The summed E-state index contributed by atoms with van der Waals surface area (Å²) in [4.78, 5) is 21.2. The Morgan fingerprint density at radius 3 is 2.57 bits per heavy atom. The summed E-state index contributed by atoms with van der Waals surface area (Å²) in [6.45, 7) is 2.17. The Morgan fingerprint density at radius 2 is 1.91 bits per heavy atom. The molecule has 0 aromatic heterocycles. The molecular formula is C16H15NO6. The summed E-state index contributed by atoms with van der Waals surface area (Å²) in [6, 6.07) is 10.8. The highest BCUT2D eigenvalue weighted by Gasteiger charge is 2.17. The second-order valence-electron chi connectivity index (χ2n) is 4.76. The molecule has 0 heterocycles. The number of ether oxygens (including phenoxy) is 2. The fourth-order valence-electron chi connectivity index (χ4n) is 1.93. The van der Waals surface area contributed by atoms with Crippen LogP contribution in [-0.2, 0) is 0 Å². The molecule has 0 atom stereocenters. The Morgan fingerprint density at radius 1 is 1.17 bits per heavy atom. The van der Waals surface area contributed by atoms with E-state index >= 15 is 0 Å². The molecule has 0 fully saturated rings. The topological polar surface area (TPSA) is 98.9 Å². The van der Waals surface area contributed by atoms with Gasteiger partial charge in [-0.05, 0) is 30.7 Å². The van der Waals surface area contributed by atoms with Crippen molar-refractivity contribution in [2.45, 2.75) is 6.92 Å². The first kappa shape index (κ1) is 16.3. The minimum atomic E-state index is -1.18. The minimum Gasteiger partial charge on any atom is -0.490 e. The smallest absolute Gasteiger partial charge is 0.335 e. The minimum absolute atomic E-state index is 0.0534. The first-order valence-corrected chi connectivity index (χ1v) is 6.81. The Kier molecular flexibility index (Phi) is 5.14. The highest BCUT2D eigenvalue weighted by Crippen LogP contribution is 2.28. The van der Waals surface area contributed by atoms with Gasteiger partial charge < -0.3 is 14.6 Å². The number of hydrogen-bond acceptors (Lipinski definition) is 5. The van der Waals surface area contributed by atoms with Crippen LogP contribution in [0.2, 0.25) is 0 Å². The summed E-state index contributed by atoms with van der Waals surface area (Å²) in [7, 11) is 0. The molecule has 0 saturated heterocycles. The predicted molar refractivity (Wildman–Crippen MR) is 82.2 cm³/mol. The Labute approximate surface area is 132 Å². The summed E-state index contributed by atoms with van der Waals surface area (Å²) in [5.41, 5.74) is 0.684. The van der Waals surface area contributed by atoms with E-state index in [9.17, 15) is 14.9 Å². The van der Waals surface area contributed by atoms with Crippen LogP contribution >= 0.6 is 0 Å². The third kappa shape index (κ3) is 4.44. The molecule has 2 aromatic carbocycles. The lowest BCUT2D eigenvalue weighted by Gasteiger charge is -2.09. The van der Waals surface area contributed by atoms with E-state index in [1.807, 2.05) is 25.1 Å². The number of carbonyl (C=O) groups is 1. The van der Waals surface area contributed by atoms with Gasteiger partial charge in [-0.1, -0.05) is 12.1 Å². The van der Waals surface area contributed by atoms with Gasteiger partial charge in [0.25, 0.3) is 0 Å². The second-order valence-corrected chi connectivity index (χ2v) is 4.76. The van der Waals surface area contributed by atoms with Crippen LogP contribution in [0.5, 0.6) is 11.5 Å². The zero-order valence-electron chi connectivity index (χ0n) is 12.4. The lowest BCUT2D eigenvalue weighted by Crippen LogP contribution is -2.10. The van der Waals surface area contributed by atoms with Gasteiger partial charge in [-0.2, -0.15) is 0 Å². The summed E-state index contributed by atoms with van der Waals surface area (Å²) < 4.78 is 10.8. The van der Waals surface area contributed by atoms with Crippen molar-refractivity contribution >= 4 is 11.7 Å². The number of benzene rings is 2. The average Bonchev–Trinajstić information content (AvgIpc) is 2.51. The second kappa shape index (κ2) is 7.26. The molecule has 7 nitrogen and oxygen atoms in total. The third-order valence-electron chi connectivity index (χ3n) is 3.00. The zero-order chi connectivity index (χ0) is 16.8. The maximum Gasteiger partial charge on any atom is 0.335 e.